The van der Waals surface area contributed by atoms with E-state index in [0.29, 0.717) is 18.0 Å². The number of hydrogen-bond acceptors (Lipinski definition) is 4. The van der Waals surface area contributed by atoms with Crippen LogP contribution in [-0.2, 0) is 10.0 Å². The number of rotatable bonds is 5. The molecule has 0 saturated heterocycles. The number of halogens is 1. The summed E-state index contributed by atoms with van der Waals surface area (Å²) in [7, 11) is -3.77. The largest absolute Gasteiger partial charge is 0.492 e. The minimum atomic E-state index is -3.77. The second-order valence-corrected chi connectivity index (χ2v) is 6.82. The van der Waals surface area contributed by atoms with Crippen LogP contribution >= 0.6 is 15.9 Å². The highest BCUT2D eigenvalue weighted by atomic mass is 79.9. The van der Waals surface area contributed by atoms with Crippen molar-refractivity contribution in [1.82, 2.24) is 0 Å². The van der Waals surface area contributed by atoms with Gasteiger partial charge in [0.05, 0.1) is 6.61 Å². The highest BCUT2D eigenvalue weighted by Crippen LogP contribution is 2.28. The summed E-state index contributed by atoms with van der Waals surface area (Å²) in [5, 5.41) is 0. The first kappa shape index (κ1) is 15.7. The lowest BCUT2D eigenvalue weighted by Crippen LogP contribution is -2.14. The van der Waals surface area contributed by atoms with Crippen LogP contribution in [0.15, 0.2) is 51.8 Å². The van der Waals surface area contributed by atoms with E-state index in [1.165, 1.54) is 6.07 Å². The molecule has 2 aromatic carbocycles. The average molecular weight is 371 g/mol. The summed E-state index contributed by atoms with van der Waals surface area (Å²) in [5.74, 6) is 0.274. The Bertz CT molecular complexity index is 730. The third kappa shape index (κ3) is 3.89. The lowest BCUT2D eigenvalue weighted by atomic mass is 10.3. The van der Waals surface area contributed by atoms with Crippen LogP contribution in [0.25, 0.3) is 0 Å². The fourth-order valence-corrected chi connectivity index (χ4v) is 3.24. The molecule has 0 aliphatic rings. The van der Waals surface area contributed by atoms with Crippen LogP contribution in [0.5, 0.6) is 5.75 Å². The van der Waals surface area contributed by atoms with Gasteiger partial charge in [-0.15, -0.1) is 0 Å². The number of hydrogen-bond donors (Lipinski definition) is 2. The molecule has 2 aromatic rings. The van der Waals surface area contributed by atoms with E-state index in [9.17, 15) is 8.42 Å². The zero-order chi connectivity index (χ0) is 15.5. The van der Waals surface area contributed by atoms with Crippen LogP contribution in [-0.4, -0.2) is 15.0 Å². The van der Waals surface area contributed by atoms with E-state index >= 15 is 0 Å². The van der Waals surface area contributed by atoms with Gasteiger partial charge in [0.25, 0.3) is 10.0 Å². The first-order valence-corrected chi connectivity index (χ1v) is 8.50. The number of nitrogen functional groups attached to an aromatic ring is 1. The minimum absolute atomic E-state index is 0.0206. The van der Waals surface area contributed by atoms with Crippen LogP contribution in [0.3, 0.4) is 0 Å². The van der Waals surface area contributed by atoms with E-state index in [-0.39, 0.29) is 10.6 Å². The summed E-state index contributed by atoms with van der Waals surface area (Å²) in [5.41, 5.74) is 6.50. The fourth-order valence-electron chi connectivity index (χ4n) is 1.74. The van der Waals surface area contributed by atoms with Gasteiger partial charge in [0.2, 0.25) is 0 Å². The van der Waals surface area contributed by atoms with Crippen LogP contribution in [0.2, 0.25) is 0 Å². The Balaban J connectivity index is 2.39. The van der Waals surface area contributed by atoms with Gasteiger partial charge in [-0.05, 0) is 49.4 Å². The monoisotopic (exact) mass is 370 g/mol. The molecule has 0 heterocycles. The molecule has 21 heavy (non-hydrogen) atoms. The van der Waals surface area contributed by atoms with Gasteiger partial charge in [-0.25, -0.2) is 8.42 Å². The van der Waals surface area contributed by atoms with Crippen molar-refractivity contribution in [2.75, 3.05) is 17.1 Å². The second-order valence-electron chi connectivity index (χ2n) is 4.25. The summed E-state index contributed by atoms with van der Waals surface area (Å²) in [6.07, 6.45) is 0. The van der Waals surface area contributed by atoms with Crippen molar-refractivity contribution < 1.29 is 13.2 Å². The number of sulfonamides is 1. The van der Waals surface area contributed by atoms with Gasteiger partial charge in [0, 0.05) is 15.8 Å². The van der Waals surface area contributed by atoms with Gasteiger partial charge in [-0.2, -0.15) is 0 Å². The first-order chi connectivity index (χ1) is 9.92. The van der Waals surface area contributed by atoms with Crippen LogP contribution in [0.1, 0.15) is 6.92 Å². The van der Waals surface area contributed by atoms with Crippen molar-refractivity contribution in [2.24, 2.45) is 0 Å². The molecular weight excluding hydrogens is 356 g/mol. The minimum Gasteiger partial charge on any atom is -0.492 e. The summed E-state index contributed by atoms with van der Waals surface area (Å²) in [6, 6.07) is 11.4. The Kier molecular flexibility index (Phi) is 4.74. The predicted octanol–water partition coefficient (Wildman–Crippen LogP) is 3.23. The summed E-state index contributed by atoms with van der Waals surface area (Å²) in [4.78, 5) is 0.0206. The number of anilines is 2. The van der Waals surface area contributed by atoms with E-state index in [0.717, 1.165) is 4.47 Å². The zero-order valence-corrected chi connectivity index (χ0v) is 13.7. The summed E-state index contributed by atoms with van der Waals surface area (Å²) >= 11 is 3.30. The van der Waals surface area contributed by atoms with Crippen molar-refractivity contribution in [3.05, 3.63) is 46.9 Å². The third-order valence-corrected chi connectivity index (χ3v) is 4.58. The third-order valence-electron chi connectivity index (χ3n) is 2.65. The number of ether oxygens (including phenoxy) is 1. The molecule has 7 heteroatoms. The average Bonchev–Trinajstić information content (AvgIpc) is 2.43. The topological polar surface area (TPSA) is 81.4 Å². The van der Waals surface area contributed by atoms with E-state index < -0.39 is 10.0 Å². The molecule has 0 bridgehead atoms. The summed E-state index contributed by atoms with van der Waals surface area (Å²) in [6.45, 7) is 2.15. The van der Waals surface area contributed by atoms with Crippen LogP contribution < -0.4 is 15.2 Å². The zero-order valence-electron chi connectivity index (χ0n) is 11.3. The van der Waals surface area contributed by atoms with Crippen molar-refractivity contribution in [3.8, 4) is 5.75 Å². The number of nitrogens with one attached hydrogen (secondary N) is 1. The van der Waals surface area contributed by atoms with Crippen LogP contribution in [0, 0.1) is 0 Å². The van der Waals surface area contributed by atoms with E-state index in [1.54, 1.807) is 43.3 Å². The van der Waals surface area contributed by atoms with Crippen molar-refractivity contribution >= 4 is 37.3 Å². The molecule has 0 amide bonds. The molecule has 3 N–H and O–H groups in total. The quantitative estimate of drug-likeness (QED) is 0.791. The maximum Gasteiger partial charge on any atom is 0.265 e. The standard InChI is InChI=1S/C14H15BrN2O3S/c1-2-20-13-8-5-11(16)9-14(13)21(18,19)17-12-6-3-10(15)4-7-12/h3-9,17H,2,16H2,1H3. The van der Waals surface area contributed by atoms with Crippen molar-refractivity contribution in [3.63, 3.8) is 0 Å². The smallest absolute Gasteiger partial charge is 0.265 e. The molecule has 0 aromatic heterocycles. The lowest BCUT2D eigenvalue weighted by Gasteiger charge is -2.13. The van der Waals surface area contributed by atoms with Gasteiger partial charge in [-0.3, -0.25) is 4.72 Å². The molecule has 5 nitrogen and oxygen atoms in total. The van der Waals surface area contributed by atoms with E-state index in [4.69, 9.17) is 10.5 Å². The maximum absolute atomic E-state index is 12.5. The van der Waals surface area contributed by atoms with Crippen molar-refractivity contribution in [2.45, 2.75) is 11.8 Å². The number of benzene rings is 2. The van der Waals surface area contributed by atoms with Crippen molar-refractivity contribution in [1.29, 1.82) is 0 Å². The Morgan fingerprint density at radius 3 is 2.48 bits per heavy atom. The highest BCUT2D eigenvalue weighted by Gasteiger charge is 2.20. The second kappa shape index (κ2) is 6.36. The highest BCUT2D eigenvalue weighted by molar-refractivity contribution is 9.10. The lowest BCUT2D eigenvalue weighted by molar-refractivity contribution is 0.331. The van der Waals surface area contributed by atoms with Gasteiger partial charge >= 0.3 is 0 Å². The van der Waals surface area contributed by atoms with Gasteiger partial charge in [-0.1, -0.05) is 15.9 Å². The fraction of sp³-hybridized carbons (Fsp3) is 0.143. The Morgan fingerprint density at radius 2 is 1.86 bits per heavy atom. The predicted molar refractivity (Wildman–Crippen MR) is 87.0 cm³/mol. The maximum atomic E-state index is 12.5. The first-order valence-electron chi connectivity index (χ1n) is 6.23. The molecule has 0 fully saturated rings. The molecule has 0 unspecified atom stereocenters. The molecule has 112 valence electrons. The molecule has 0 saturated carbocycles. The Morgan fingerprint density at radius 1 is 1.19 bits per heavy atom. The molecule has 2 rings (SSSR count). The molecular formula is C14H15BrN2O3S. The normalized spacial score (nSPS) is 11.1. The Labute approximate surface area is 132 Å². The van der Waals surface area contributed by atoms with E-state index in [1.807, 2.05) is 0 Å². The Hall–Kier alpha value is -1.73. The van der Waals surface area contributed by atoms with Gasteiger partial charge in [0.15, 0.2) is 0 Å². The number of nitrogens with two attached hydrogens (primary N) is 1. The summed E-state index contributed by atoms with van der Waals surface area (Å²) < 4.78 is 33.7. The molecule has 0 radical (unpaired) electrons. The molecule has 0 aliphatic heterocycles. The molecule has 0 aliphatic carbocycles. The van der Waals surface area contributed by atoms with Crippen LogP contribution in [0.4, 0.5) is 11.4 Å². The molecule has 0 spiro atoms. The van der Waals surface area contributed by atoms with E-state index in [2.05, 4.69) is 20.7 Å². The molecule has 0 atom stereocenters. The SMILES string of the molecule is CCOc1ccc(N)cc1S(=O)(=O)Nc1ccc(Br)cc1. The van der Waals surface area contributed by atoms with Gasteiger partial charge in [0.1, 0.15) is 10.6 Å². The van der Waals surface area contributed by atoms with Gasteiger partial charge < -0.3 is 10.5 Å².